The Hall–Kier alpha value is -0.210. The molecule has 1 aliphatic rings. The zero-order valence-electron chi connectivity index (χ0n) is 9.89. The van der Waals surface area contributed by atoms with Gasteiger partial charge in [-0.3, -0.25) is 9.45 Å². The zero-order valence-corrected chi connectivity index (χ0v) is 10.7. The third-order valence-corrected chi connectivity index (χ3v) is 3.12. The second-order valence-corrected chi connectivity index (χ2v) is 5.17. The Morgan fingerprint density at radius 3 is 2.31 bits per heavy atom. The van der Waals surface area contributed by atoms with Crippen molar-refractivity contribution in [3.63, 3.8) is 0 Å². The SMILES string of the molecule is CCCS(=O)(=O)O.CCN1CCNCC1O. The van der Waals surface area contributed by atoms with Crippen molar-refractivity contribution >= 4 is 10.1 Å². The number of nitrogens with zero attached hydrogens (tertiary/aromatic N) is 1. The molecule has 1 saturated heterocycles. The smallest absolute Gasteiger partial charge is 0.264 e. The van der Waals surface area contributed by atoms with Crippen LogP contribution in [-0.4, -0.2) is 61.1 Å². The van der Waals surface area contributed by atoms with Gasteiger partial charge in [0.1, 0.15) is 6.23 Å². The van der Waals surface area contributed by atoms with Crippen molar-refractivity contribution in [2.45, 2.75) is 26.5 Å². The largest absolute Gasteiger partial charge is 0.377 e. The van der Waals surface area contributed by atoms with Crippen LogP contribution in [0.1, 0.15) is 20.3 Å². The number of piperazine rings is 1. The summed E-state index contributed by atoms with van der Waals surface area (Å²) in [6.45, 7) is 7.39. The normalized spacial score (nSPS) is 22.4. The van der Waals surface area contributed by atoms with Crippen LogP contribution in [0.25, 0.3) is 0 Å². The predicted molar refractivity (Wildman–Crippen MR) is 62.8 cm³/mol. The Balaban J connectivity index is 0.000000293. The molecule has 0 aliphatic carbocycles. The molecule has 7 heteroatoms. The molecule has 0 aromatic heterocycles. The first-order valence-corrected chi connectivity index (χ1v) is 7.09. The predicted octanol–water partition coefficient (Wildman–Crippen LogP) is -0.486. The fraction of sp³-hybridized carbons (Fsp3) is 1.00. The lowest BCUT2D eigenvalue weighted by molar-refractivity contribution is -0.00886. The molecule has 3 N–H and O–H groups in total. The second-order valence-electron chi connectivity index (χ2n) is 3.60. The molecule has 0 bridgehead atoms. The maximum atomic E-state index is 9.79. The van der Waals surface area contributed by atoms with Crippen LogP contribution < -0.4 is 5.32 Å². The molecule has 16 heavy (non-hydrogen) atoms. The van der Waals surface area contributed by atoms with Gasteiger partial charge in [-0.15, -0.1) is 0 Å². The van der Waals surface area contributed by atoms with Gasteiger partial charge in [-0.25, -0.2) is 0 Å². The van der Waals surface area contributed by atoms with E-state index >= 15 is 0 Å². The van der Waals surface area contributed by atoms with E-state index in [0.29, 0.717) is 13.0 Å². The Bertz CT molecular complexity index is 269. The summed E-state index contributed by atoms with van der Waals surface area (Å²) in [4.78, 5) is 2.05. The summed E-state index contributed by atoms with van der Waals surface area (Å²) in [5.41, 5.74) is 0. The van der Waals surface area contributed by atoms with Crippen LogP contribution in [0.15, 0.2) is 0 Å². The maximum absolute atomic E-state index is 9.79. The van der Waals surface area contributed by atoms with E-state index in [-0.39, 0.29) is 12.0 Å². The van der Waals surface area contributed by atoms with Crippen molar-refractivity contribution in [3.05, 3.63) is 0 Å². The van der Waals surface area contributed by atoms with E-state index in [4.69, 9.17) is 4.55 Å². The summed E-state index contributed by atoms with van der Waals surface area (Å²) in [6, 6.07) is 0. The summed E-state index contributed by atoms with van der Waals surface area (Å²) in [5.74, 6) is -0.132. The number of likely N-dealkylation sites (N-methyl/N-ethyl adjacent to an activating group) is 1. The fourth-order valence-electron chi connectivity index (χ4n) is 1.36. The Morgan fingerprint density at radius 1 is 1.44 bits per heavy atom. The minimum absolute atomic E-state index is 0.132. The molecular formula is C9H22N2O4S. The highest BCUT2D eigenvalue weighted by atomic mass is 32.2. The molecule has 6 nitrogen and oxygen atoms in total. The van der Waals surface area contributed by atoms with E-state index in [1.54, 1.807) is 6.92 Å². The minimum Gasteiger partial charge on any atom is -0.377 e. The Labute approximate surface area is 97.4 Å². The molecule has 0 saturated carbocycles. The molecule has 1 fully saturated rings. The summed E-state index contributed by atoms with van der Waals surface area (Å²) in [6.07, 6.45) is 0.211. The molecule has 0 radical (unpaired) electrons. The van der Waals surface area contributed by atoms with Crippen molar-refractivity contribution < 1.29 is 18.1 Å². The van der Waals surface area contributed by atoms with E-state index in [2.05, 4.69) is 17.1 Å². The van der Waals surface area contributed by atoms with Gasteiger partial charge in [-0.1, -0.05) is 13.8 Å². The number of aliphatic hydroxyl groups is 1. The average molecular weight is 254 g/mol. The summed E-state index contributed by atoms with van der Waals surface area (Å²) >= 11 is 0. The highest BCUT2D eigenvalue weighted by molar-refractivity contribution is 7.85. The van der Waals surface area contributed by atoms with Gasteiger partial charge in [0.05, 0.1) is 5.75 Å². The molecule has 1 unspecified atom stereocenters. The molecule has 1 aliphatic heterocycles. The zero-order chi connectivity index (χ0) is 12.6. The molecule has 1 atom stereocenters. The topological polar surface area (TPSA) is 89.9 Å². The van der Waals surface area contributed by atoms with Crippen LogP contribution >= 0.6 is 0 Å². The summed E-state index contributed by atoms with van der Waals surface area (Å²) in [7, 11) is -3.67. The lowest BCUT2D eigenvalue weighted by atomic mass is 10.3. The first-order valence-electron chi connectivity index (χ1n) is 5.48. The van der Waals surface area contributed by atoms with E-state index in [1.165, 1.54) is 0 Å². The van der Waals surface area contributed by atoms with Crippen LogP contribution in [0.2, 0.25) is 0 Å². The van der Waals surface area contributed by atoms with Crippen molar-refractivity contribution in [1.82, 2.24) is 10.2 Å². The van der Waals surface area contributed by atoms with E-state index < -0.39 is 10.1 Å². The molecule has 0 aromatic rings. The number of aliphatic hydroxyl groups excluding tert-OH is 1. The molecule has 0 amide bonds. The lowest BCUT2D eigenvalue weighted by Gasteiger charge is -2.31. The number of rotatable bonds is 3. The molecule has 1 heterocycles. The monoisotopic (exact) mass is 254 g/mol. The van der Waals surface area contributed by atoms with Crippen molar-refractivity contribution in [2.24, 2.45) is 0 Å². The van der Waals surface area contributed by atoms with Gasteiger partial charge < -0.3 is 10.4 Å². The Kier molecular flexibility index (Phi) is 7.86. The van der Waals surface area contributed by atoms with Crippen LogP contribution in [-0.2, 0) is 10.1 Å². The van der Waals surface area contributed by atoms with Crippen molar-refractivity contribution in [1.29, 1.82) is 0 Å². The fourth-order valence-corrected chi connectivity index (χ4v) is 1.87. The average Bonchev–Trinajstić information content (AvgIpc) is 2.17. The van der Waals surface area contributed by atoms with Gasteiger partial charge >= 0.3 is 0 Å². The van der Waals surface area contributed by atoms with Gasteiger partial charge in [-0.05, 0) is 13.0 Å². The molecule has 0 aromatic carbocycles. The summed E-state index contributed by atoms with van der Waals surface area (Å²) < 4.78 is 27.6. The van der Waals surface area contributed by atoms with Gasteiger partial charge in [0, 0.05) is 19.6 Å². The van der Waals surface area contributed by atoms with Gasteiger partial charge in [-0.2, -0.15) is 8.42 Å². The van der Waals surface area contributed by atoms with Gasteiger partial charge in [0.2, 0.25) is 0 Å². The molecule has 1 rings (SSSR count). The standard InChI is InChI=1S/C6H14N2O.C3H8O3S/c1-2-8-4-3-7-5-6(8)9;1-2-3-7(4,5)6/h6-7,9H,2-5H2,1H3;2-3H2,1H3,(H,4,5,6). The van der Waals surface area contributed by atoms with E-state index in [0.717, 1.165) is 19.6 Å². The third kappa shape index (κ3) is 8.00. The number of nitrogens with one attached hydrogen (secondary N) is 1. The number of β-amino-alcohol motifs (C(OH)–C–C–N with tert-alkyl or cyclic N) is 1. The van der Waals surface area contributed by atoms with Gasteiger partial charge in [0.25, 0.3) is 10.1 Å². The first-order chi connectivity index (χ1) is 7.40. The maximum Gasteiger partial charge on any atom is 0.264 e. The van der Waals surface area contributed by atoms with Crippen LogP contribution in [0.5, 0.6) is 0 Å². The quantitative estimate of drug-likeness (QED) is 0.589. The summed E-state index contributed by atoms with van der Waals surface area (Å²) in [5, 5.41) is 12.3. The van der Waals surface area contributed by atoms with E-state index in [9.17, 15) is 13.5 Å². The number of hydrogen-bond donors (Lipinski definition) is 3. The van der Waals surface area contributed by atoms with Gasteiger partial charge in [0.15, 0.2) is 0 Å². The molecule has 98 valence electrons. The highest BCUT2D eigenvalue weighted by Gasteiger charge is 2.16. The number of hydrogen-bond acceptors (Lipinski definition) is 5. The van der Waals surface area contributed by atoms with Crippen LogP contribution in [0.3, 0.4) is 0 Å². The van der Waals surface area contributed by atoms with Crippen molar-refractivity contribution in [2.75, 3.05) is 31.9 Å². The van der Waals surface area contributed by atoms with Crippen molar-refractivity contribution in [3.8, 4) is 0 Å². The van der Waals surface area contributed by atoms with E-state index in [1.807, 2.05) is 0 Å². The molecule has 0 spiro atoms. The molecular weight excluding hydrogens is 232 g/mol. The van der Waals surface area contributed by atoms with Crippen LogP contribution in [0, 0.1) is 0 Å². The Morgan fingerprint density at radius 2 is 2.06 bits per heavy atom. The first kappa shape index (κ1) is 15.8. The second kappa shape index (κ2) is 7.97. The highest BCUT2D eigenvalue weighted by Crippen LogP contribution is 1.97. The third-order valence-electron chi connectivity index (χ3n) is 2.19. The lowest BCUT2D eigenvalue weighted by Crippen LogP contribution is -2.50. The minimum atomic E-state index is -3.67. The van der Waals surface area contributed by atoms with Crippen LogP contribution in [0.4, 0.5) is 0 Å².